The zero-order valence-electron chi connectivity index (χ0n) is 49.4. The Kier molecular flexibility index (Phi) is 12.9. The summed E-state index contributed by atoms with van der Waals surface area (Å²) in [6, 6.07) is 130. The molecule has 1 atom stereocenters. The molecule has 0 aliphatic heterocycles. The van der Waals surface area contributed by atoms with Gasteiger partial charge < -0.3 is 14.0 Å². The predicted octanol–water partition coefficient (Wildman–Crippen LogP) is 23.5. The summed E-state index contributed by atoms with van der Waals surface area (Å²) in [5, 5.41) is 12.0. The highest BCUT2D eigenvalue weighted by Gasteiger charge is 2.28. The van der Waals surface area contributed by atoms with Gasteiger partial charge in [0.15, 0.2) is 0 Å². The molecular formula is C87H59N3. The average Bonchev–Trinajstić information content (AvgIpc) is 1.63. The number of nitrogens with zero attached hydrogens (tertiary/aromatic N) is 3. The summed E-state index contributed by atoms with van der Waals surface area (Å²) in [6.45, 7) is 0. The molecular weight excluding hydrogens is 1090 g/mol. The lowest BCUT2D eigenvalue weighted by Gasteiger charge is -2.26. The Bertz CT molecular complexity index is 5140. The molecule has 0 spiro atoms. The van der Waals surface area contributed by atoms with E-state index >= 15 is 0 Å². The minimum atomic E-state index is 0.0323. The van der Waals surface area contributed by atoms with Gasteiger partial charge in [0.05, 0.1) is 22.4 Å². The number of para-hydroxylation sites is 1. The molecule has 3 nitrogen and oxygen atoms in total. The maximum absolute atomic E-state index is 2.55. The highest BCUT2D eigenvalue weighted by atomic mass is 15.1. The third-order valence-corrected chi connectivity index (χ3v) is 18.4. The molecule has 90 heavy (non-hydrogen) atoms. The fourth-order valence-corrected chi connectivity index (χ4v) is 14.3. The summed E-state index contributed by atoms with van der Waals surface area (Å²) in [6.07, 6.45) is 0. The summed E-state index contributed by atoms with van der Waals surface area (Å²) in [5.41, 5.74) is 20.9. The molecule has 0 bridgehead atoms. The number of hydrogen-bond acceptors (Lipinski definition) is 1. The molecule has 0 saturated carbocycles. The van der Waals surface area contributed by atoms with Gasteiger partial charge in [0.1, 0.15) is 0 Å². The molecule has 0 amide bonds. The first-order valence-corrected chi connectivity index (χ1v) is 31.1. The van der Waals surface area contributed by atoms with Crippen molar-refractivity contribution in [1.82, 2.24) is 9.13 Å². The molecule has 15 aromatic carbocycles. The summed E-state index contributed by atoms with van der Waals surface area (Å²) >= 11 is 0. The first kappa shape index (κ1) is 52.5. The van der Waals surface area contributed by atoms with Crippen LogP contribution in [0.4, 0.5) is 17.1 Å². The molecule has 0 aliphatic rings. The third kappa shape index (κ3) is 8.97. The zero-order chi connectivity index (χ0) is 59.5. The largest absolute Gasteiger partial charge is 0.310 e. The number of fused-ring (bicyclic) bond motifs is 9. The van der Waals surface area contributed by atoms with Gasteiger partial charge in [0.2, 0.25) is 0 Å². The van der Waals surface area contributed by atoms with E-state index in [0.717, 1.165) is 56.5 Å². The van der Waals surface area contributed by atoms with Gasteiger partial charge in [-0.25, -0.2) is 0 Å². The molecule has 0 fully saturated rings. The molecule has 2 aromatic heterocycles. The molecule has 2 heterocycles. The predicted molar refractivity (Wildman–Crippen MR) is 380 cm³/mol. The summed E-state index contributed by atoms with van der Waals surface area (Å²) in [7, 11) is 0. The van der Waals surface area contributed by atoms with Gasteiger partial charge in [-0.15, -0.1) is 0 Å². The summed E-state index contributed by atoms with van der Waals surface area (Å²) in [4.78, 5) is 2.37. The van der Waals surface area contributed by atoms with E-state index in [0.29, 0.717) is 0 Å². The van der Waals surface area contributed by atoms with Gasteiger partial charge in [-0.2, -0.15) is 0 Å². The molecule has 0 radical (unpaired) electrons. The van der Waals surface area contributed by atoms with E-state index in [1.807, 2.05) is 0 Å². The highest BCUT2D eigenvalue weighted by Crippen LogP contribution is 2.50. The van der Waals surface area contributed by atoms with Crippen molar-refractivity contribution in [3.63, 3.8) is 0 Å². The SMILES string of the molecule is c1ccc(-c2c(-c3ccccc3)n(-c3ccc(C(c4ccccc4)c4ccc5ccccc5c4)cc3)c3c2ccc2c4ccc5c(-c6ccccc6)c(-c6ccccc6)n(-c6ccc(N(c7ccccc7)c7ccc8ccccc8c7)cc6)c5c4ccc23)cc1. The van der Waals surface area contributed by atoms with Crippen LogP contribution in [0, 0.1) is 0 Å². The van der Waals surface area contributed by atoms with Crippen molar-refractivity contribution in [2.75, 3.05) is 4.90 Å². The number of hydrogen-bond donors (Lipinski definition) is 0. The first-order valence-electron chi connectivity index (χ1n) is 31.1. The molecule has 17 rings (SSSR count). The van der Waals surface area contributed by atoms with Crippen molar-refractivity contribution >= 4 is 82.0 Å². The fourth-order valence-electron chi connectivity index (χ4n) is 14.3. The van der Waals surface area contributed by atoms with Crippen LogP contribution in [0.15, 0.2) is 352 Å². The molecule has 0 saturated heterocycles. The molecule has 1 unspecified atom stereocenters. The van der Waals surface area contributed by atoms with Crippen LogP contribution in [0.1, 0.15) is 22.6 Å². The van der Waals surface area contributed by atoms with E-state index in [2.05, 4.69) is 366 Å². The van der Waals surface area contributed by atoms with Crippen molar-refractivity contribution in [3.8, 4) is 56.1 Å². The Labute approximate surface area is 523 Å². The topological polar surface area (TPSA) is 13.1 Å². The number of benzene rings is 15. The molecule has 0 aliphatic carbocycles. The second-order valence-corrected chi connectivity index (χ2v) is 23.5. The fraction of sp³-hybridized carbons (Fsp3) is 0.0115. The molecule has 3 heteroatoms. The van der Waals surface area contributed by atoms with E-state index in [4.69, 9.17) is 0 Å². The zero-order valence-corrected chi connectivity index (χ0v) is 49.4. The number of anilines is 3. The van der Waals surface area contributed by atoms with Crippen molar-refractivity contribution in [2.24, 2.45) is 0 Å². The van der Waals surface area contributed by atoms with Crippen LogP contribution in [0.25, 0.3) is 121 Å². The van der Waals surface area contributed by atoms with Crippen LogP contribution in [-0.2, 0) is 0 Å². The highest BCUT2D eigenvalue weighted by molar-refractivity contribution is 6.26. The van der Waals surface area contributed by atoms with Crippen LogP contribution < -0.4 is 4.90 Å². The lowest BCUT2D eigenvalue weighted by molar-refractivity contribution is 0.977. The van der Waals surface area contributed by atoms with Gasteiger partial charge in [0.25, 0.3) is 0 Å². The minimum Gasteiger partial charge on any atom is -0.310 e. The number of aromatic nitrogens is 2. The van der Waals surface area contributed by atoms with E-state index in [1.165, 1.54) is 98.3 Å². The third-order valence-electron chi connectivity index (χ3n) is 18.4. The summed E-state index contributed by atoms with van der Waals surface area (Å²) in [5.74, 6) is 0.0323. The average molecular weight is 1150 g/mol. The van der Waals surface area contributed by atoms with Crippen LogP contribution in [0.5, 0.6) is 0 Å². The van der Waals surface area contributed by atoms with Crippen molar-refractivity contribution in [2.45, 2.75) is 5.92 Å². The quantitative estimate of drug-likeness (QED) is 0.0878. The lowest BCUT2D eigenvalue weighted by Crippen LogP contribution is -2.10. The monoisotopic (exact) mass is 1150 g/mol. The maximum Gasteiger partial charge on any atom is 0.0620 e. The Morgan fingerprint density at radius 2 is 0.567 bits per heavy atom. The van der Waals surface area contributed by atoms with E-state index in [9.17, 15) is 0 Å². The van der Waals surface area contributed by atoms with Crippen LogP contribution >= 0.6 is 0 Å². The first-order chi connectivity index (χ1) is 44.7. The lowest BCUT2D eigenvalue weighted by atomic mass is 9.84. The Hall–Kier alpha value is -11.8. The second-order valence-electron chi connectivity index (χ2n) is 23.5. The van der Waals surface area contributed by atoms with Gasteiger partial charge in [-0.05, 0) is 132 Å². The van der Waals surface area contributed by atoms with Crippen molar-refractivity contribution < 1.29 is 0 Å². The second kappa shape index (κ2) is 22.2. The van der Waals surface area contributed by atoms with Gasteiger partial charge in [0, 0.05) is 67.0 Å². The van der Waals surface area contributed by atoms with Gasteiger partial charge in [-0.1, -0.05) is 291 Å². The van der Waals surface area contributed by atoms with Crippen molar-refractivity contribution in [3.05, 3.63) is 369 Å². The molecule has 0 N–H and O–H groups in total. The van der Waals surface area contributed by atoms with Crippen molar-refractivity contribution in [1.29, 1.82) is 0 Å². The van der Waals surface area contributed by atoms with E-state index in [-0.39, 0.29) is 5.92 Å². The van der Waals surface area contributed by atoms with Gasteiger partial charge in [-0.3, -0.25) is 0 Å². The Morgan fingerprint density at radius 1 is 0.222 bits per heavy atom. The van der Waals surface area contributed by atoms with Crippen LogP contribution in [-0.4, -0.2) is 9.13 Å². The Balaban J connectivity index is 0.906. The normalized spacial score (nSPS) is 12.0. The van der Waals surface area contributed by atoms with E-state index < -0.39 is 0 Å². The van der Waals surface area contributed by atoms with Gasteiger partial charge >= 0.3 is 0 Å². The van der Waals surface area contributed by atoms with Crippen LogP contribution in [0.3, 0.4) is 0 Å². The molecule has 17 aromatic rings. The van der Waals surface area contributed by atoms with E-state index in [1.54, 1.807) is 0 Å². The maximum atomic E-state index is 2.55. The Morgan fingerprint density at radius 3 is 1.07 bits per heavy atom. The standard InChI is InChI=1S/C87H59N3/c1-7-25-61(26-8-1)81(69-40-39-59-23-19-21-35-67(59)57-69)64-42-44-72(45-43-64)89-84(65-31-13-4-14-32-65)82(62-27-9-2-10-28-62)79-55-51-75-76-52-56-80-83(63-29-11-3-12-30-63)85(66-33-15-5-16-34-66)90(87(80)78(76)54-53-77(75)86(79)89)73-49-47-71(48-50-73)88(70-37-17-6-18-38-70)74-46-41-60-24-20-22-36-68(60)58-74/h1-58,81H. The van der Waals surface area contributed by atoms with Crippen LogP contribution in [0.2, 0.25) is 0 Å². The number of rotatable bonds is 12. The smallest absolute Gasteiger partial charge is 0.0620 e. The molecule has 422 valence electrons. The summed E-state index contributed by atoms with van der Waals surface area (Å²) < 4.78 is 5.09. The minimum absolute atomic E-state index is 0.0323.